The maximum atomic E-state index is 4.96. The van der Waals surface area contributed by atoms with Gasteiger partial charge in [-0.15, -0.1) is 21.5 Å². The van der Waals surface area contributed by atoms with Crippen LogP contribution in [0.5, 0.6) is 0 Å². The second-order valence-electron chi connectivity index (χ2n) is 4.05. The van der Waals surface area contributed by atoms with Gasteiger partial charge in [-0.25, -0.2) is 0 Å². The van der Waals surface area contributed by atoms with Gasteiger partial charge in [0.05, 0.1) is 10.6 Å². The summed E-state index contributed by atoms with van der Waals surface area (Å²) in [5, 5.41) is 15.3. The average Bonchev–Trinajstić information content (AvgIpc) is 3.16. The Bertz CT molecular complexity index is 689. The van der Waals surface area contributed by atoms with Gasteiger partial charge >= 0.3 is 0 Å². The van der Waals surface area contributed by atoms with E-state index in [-0.39, 0.29) is 0 Å². The molecule has 0 N–H and O–H groups in total. The van der Waals surface area contributed by atoms with Crippen molar-refractivity contribution in [3.8, 4) is 10.7 Å². The third-order valence-electron chi connectivity index (χ3n) is 2.67. The molecular weight excluding hydrogens is 294 g/mol. The molecule has 0 aliphatic carbocycles. The summed E-state index contributed by atoms with van der Waals surface area (Å²) in [4.78, 5) is 5.31. The quantitative estimate of drug-likeness (QED) is 0.675. The first-order valence-electron chi connectivity index (χ1n) is 6.17. The van der Waals surface area contributed by atoms with Gasteiger partial charge in [0.2, 0.25) is 5.89 Å². The van der Waals surface area contributed by atoms with E-state index in [1.165, 1.54) is 0 Å². The topological polar surface area (TPSA) is 69.6 Å². The van der Waals surface area contributed by atoms with Crippen LogP contribution in [-0.4, -0.2) is 24.9 Å². The van der Waals surface area contributed by atoms with Crippen molar-refractivity contribution in [3.05, 3.63) is 29.2 Å². The standard InChI is InChI=1S/C12H13N5OS2/c1-3-17-11(9-5-4-6-19-9)14-15-12(17)20-7-10-13-8(2)18-16-10/h4-6H,3,7H2,1-2H3. The lowest BCUT2D eigenvalue weighted by Gasteiger charge is -2.04. The number of rotatable bonds is 5. The summed E-state index contributed by atoms with van der Waals surface area (Å²) >= 11 is 3.23. The van der Waals surface area contributed by atoms with E-state index < -0.39 is 0 Å². The second kappa shape index (κ2) is 5.76. The van der Waals surface area contributed by atoms with Crippen LogP contribution in [0.15, 0.2) is 27.2 Å². The lowest BCUT2D eigenvalue weighted by Crippen LogP contribution is -1.99. The van der Waals surface area contributed by atoms with Crippen LogP contribution in [0.4, 0.5) is 0 Å². The monoisotopic (exact) mass is 307 g/mol. The summed E-state index contributed by atoms with van der Waals surface area (Å²) in [6.45, 7) is 4.70. The van der Waals surface area contributed by atoms with E-state index in [9.17, 15) is 0 Å². The molecule has 3 aromatic rings. The van der Waals surface area contributed by atoms with E-state index in [2.05, 4.69) is 37.9 Å². The molecule has 3 rings (SSSR count). The normalized spacial score (nSPS) is 11.1. The van der Waals surface area contributed by atoms with Gasteiger partial charge < -0.3 is 9.09 Å². The van der Waals surface area contributed by atoms with Crippen molar-refractivity contribution in [1.82, 2.24) is 24.9 Å². The summed E-state index contributed by atoms with van der Waals surface area (Å²) in [5.41, 5.74) is 0. The summed E-state index contributed by atoms with van der Waals surface area (Å²) in [7, 11) is 0. The van der Waals surface area contributed by atoms with Crippen molar-refractivity contribution in [1.29, 1.82) is 0 Å². The first-order chi connectivity index (χ1) is 9.78. The lowest BCUT2D eigenvalue weighted by atomic mass is 10.4. The average molecular weight is 307 g/mol. The molecule has 0 amide bonds. The zero-order chi connectivity index (χ0) is 13.9. The Labute approximate surface area is 124 Å². The highest BCUT2D eigenvalue weighted by molar-refractivity contribution is 7.98. The van der Waals surface area contributed by atoms with E-state index in [1.807, 2.05) is 11.4 Å². The highest BCUT2D eigenvalue weighted by Crippen LogP contribution is 2.28. The van der Waals surface area contributed by atoms with Crippen molar-refractivity contribution in [2.45, 2.75) is 31.3 Å². The zero-order valence-corrected chi connectivity index (χ0v) is 12.7. The Morgan fingerprint density at radius 2 is 2.30 bits per heavy atom. The van der Waals surface area contributed by atoms with Gasteiger partial charge in [0.15, 0.2) is 16.8 Å². The summed E-state index contributed by atoms with van der Waals surface area (Å²) in [5.74, 6) is 2.79. The number of thiophene rings is 1. The van der Waals surface area contributed by atoms with Crippen molar-refractivity contribution in [2.24, 2.45) is 0 Å². The number of thioether (sulfide) groups is 1. The molecule has 0 fully saturated rings. The first-order valence-corrected chi connectivity index (χ1v) is 8.03. The minimum absolute atomic E-state index is 0.580. The van der Waals surface area contributed by atoms with E-state index >= 15 is 0 Å². The summed E-state index contributed by atoms with van der Waals surface area (Å²) in [6.07, 6.45) is 0. The molecule has 0 aliphatic rings. The predicted molar refractivity (Wildman–Crippen MR) is 77.6 cm³/mol. The second-order valence-corrected chi connectivity index (χ2v) is 5.94. The Kier molecular flexibility index (Phi) is 3.83. The van der Waals surface area contributed by atoms with E-state index in [0.717, 1.165) is 22.4 Å². The molecule has 0 aliphatic heterocycles. The molecule has 0 spiro atoms. The van der Waals surface area contributed by atoms with Crippen LogP contribution in [0.1, 0.15) is 18.6 Å². The van der Waals surface area contributed by atoms with E-state index in [1.54, 1.807) is 30.0 Å². The zero-order valence-electron chi connectivity index (χ0n) is 11.1. The van der Waals surface area contributed by atoms with Gasteiger partial charge in [-0.1, -0.05) is 23.0 Å². The SMILES string of the molecule is CCn1c(SCc2noc(C)n2)nnc1-c1cccs1. The van der Waals surface area contributed by atoms with Crippen LogP contribution in [-0.2, 0) is 12.3 Å². The largest absolute Gasteiger partial charge is 0.340 e. The molecule has 104 valence electrons. The van der Waals surface area contributed by atoms with Crippen molar-refractivity contribution in [2.75, 3.05) is 0 Å². The molecule has 0 unspecified atom stereocenters. The molecule has 0 saturated carbocycles. The number of aromatic nitrogens is 5. The molecule has 0 saturated heterocycles. The fourth-order valence-electron chi connectivity index (χ4n) is 1.80. The van der Waals surface area contributed by atoms with Crippen LogP contribution >= 0.6 is 23.1 Å². The van der Waals surface area contributed by atoms with Crippen LogP contribution in [0.3, 0.4) is 0 Å². The van der Waals surface area contributed by atoms with Gasteiger partial charge in [-0.3, -0.25) is 0 Å². The van der Waals surface area contributed by atoms with E-state index in [0.29, 0.717) is 17.5 Å². The van der Waals surface area contributed by atoms with Crippen molar-refractivity contribution >= 4 is 23.1 Å². The molecule has 0 bridgehead atoms. The number of aryl methyl sites for hydroxylation is 1. The van der Waals surface area contributed by atoms with E-state index in [4.69, 9.17) is 4.52 Å². The first kappa shape index (κ1) is 13.3. The fourth-order valence-corrected chi connectivity index (χ4v) is 3.36. The Hall–Kier alpha value is -1.67. The van der Waals surface area contributed by atoms with Crippen molar-refractivity contribution in [3.63, 3.8) is 0 Å². The summed E-state index contributed by atoms with van der Waals surface area (Å²) in [6, 6.07) is 4.07. The molecule has 0 aromatic carbocycles. The Balaban J connectivity index is 1.80. The van der Waals surface area contributed by atoms with Crippen LogP contribution in [0.25, 0.3) is 10.7 Å². The van der Waals surface area contributed by atoms with Gasteiger partial charge in [-0.05, 0) is 18.4 Å². The molecular formula is C12H13N5OS2. The van der Waals surface area contributed by atoms with Crippen molar-refractivity contribution < 1.29 is 4.52 Å². The number of hydrogen-bond acceptors (Lipinski definition) is 7. The molecule has 3 heterocycles. The maximum Gasteiger partial charge on any atom is 0.223 e. The van der Waals surface area contributed by atoms with Crippen LogP contribution in [0, 0.1) is 6.92 Å². The highest BCUT2D eigenvalue weighted by Gasteiger charge is 2.14. The Morgan fingerprint density at radius 3 is 2.95 bits per heavy atom. The third kappa shape index (κ3) is 2.61. The minimum atomic E-state index is 0.580. The van der Waals surface area contributed by atoms with Crippen LogP contribution < -0.4 is 0 Å². The molecule has 0 atom stereocenters. The summed E-state index contributed by atoms with van der Waals surface area (Å²) < 4.78 is 7.06. The molecule has 20 heavy (non-hydrogen) atoms. The minimum Gasteiger partial charge on any atom is -0.340 e. The number of nitrogens with zero attached hydrogens (tertiary/aromatic N) is 5. The molecule has 3 aromatic heterocycles. The lowest BCUT2D eigenvalue weighted by molar-refractivity contribution is 0.389. The molecule has 8 heteroatoms. The predicted octanol–water partition coefficient (Wildman–Crippen LogP) is 3.01. The fraction of sp³-hybridized carbons (Fsp3) is 0.333. The highest BCUT2D eigenvalue weighted by atomic mass is 32.2. The van der Waals surface area contributed by atoms with Gasteiger partial charge in [0.1, 0.15) is 0 Å². The van der Waals surface area contributed by atoms with Gasteiger partial charge in [0, 0.05) is 13.5 Å². The smallest absolute Gasteiger partial charge is 0.223 e. The molecule has 6 nitrogen and oxygen atoms in total. The maximum absolute atomic E-state index is 4.96. The van der Waals surface area contributed by atoms with Gasteiger partial charge in [0.25, 0.3) is 0 Å². The third-order valence-corrected chi connectivity index (χ3v) is 4.50. The van der Waals surface area contributed by atoms with Crippen LogP contribution in [0.2, 0.25) is 0 Å². The van der Waals surface area contributed by atoms with Gasteiger partial charge in [-0.2, -0.15) is 4.98 Å². The number of hydrogen-bond donors (Lipinski definition) is 0. The Morgan fingerprint density at radius 1 is 1.40 bits per heavy atom. The molecule has 0 radical (unpaired) electrons.